The molecular weight excluding hydrogens is 262 g/mol. The molecule has 0 aromatic carbocycles. The van der Waals surface area contributed by atoms with Crippen LogP contribution < -0.4 is 5.32 Å². The van der Waals surface area contributed by atoms with E-state index in [1.165, 1.54) is 18.4 Å². The van der Waals surface area contributed by atoms with E-state index in [-0.39, 0.29) is 0 Å². The molecule has 0 amide bonds. The number of nitrogens with zero attached hydrogens (tertiary/aromatic N) is 4. The predicted octanol–water partition coefficient (Wildman–Crippen LogP) is 2.48. The van der Waals surface area contributed by atoms with E-state index < -0.39 is 0 Å². The zero-order valence-corrected chi connectivity index (χ0v) is 13.1. The van der Waals surface area contributed by atoms with Crippen molar-refractivity contribution in [2.75, 3.05) is 0 Å². The normalized spacial score (nSPS) is 14.6. The zero-order chi connectivity index (χ0) is 14.8. The van der Waals surface area contributed by atoms with Crippen molar-refractivity contribution in [3.05, 3.63) is 35.0 Å². The van der Waals surface area contributed by atoms with Crippen molar-refractivity contribution in [1.29, 1.82) is 0 Å². The smallest absolute Gasteiger partial charge is 0.156 e. The summed E-state index contributed by atoms with van der Waals surface area (Å²) < 4.78 is 1.84. The number of hydrogen-bond acceptors (Lipinski definition) is 4. The van der Waals surface area contributed by atoms with Crippen LogP contribution in [0.3, 0.4) is 0 Å². The second-order valence-electron chi connectivity index (χ2n) is 5.85. The van der Waals surface area contributed by atoms with Gasteiger partial charge in [0.1, 0.15) is 11.6 Å². The van der Waals surface area contributed by atoms with E-state index in [0.717, 1.165) is 42.5 Å². The van der Waals surface area contributed by atoms with E-state index in [0.29, 0.717) is 6.04 Å². The Kier molecular flexibility index (Phi) is 4.01. The molecule has 1 N–H and O–H groups in total. The maximum Gasteiger partial charge on any atom is 0.156 e. The first-order valence-electron chi connectivity index (χ1n) is 7.79. The molecule has 1 saturated carbocycles. The molecule has 5 heteroatoms. The Labute approximate surface area is 125 Å². The van der Waals surface area contributed by atoms with E-state index in [2.05, 4.69) is 34.5 Å². The summed E-state index contributed by atoms with van der Waals surface area (Å²) in [6, 6.07) is 5.04. The Hall–Kier alpha value is -1.75. The summed E-state index contributed by atoms with van der Waals surface area (Å²) in [6.45, 7) is 6.97. The van der Waals surface area contributed by atoms with Crippen molar-refractivity contribution < 1.29 is 0 Å². The van der Waals surface area contributed by atoms with Crippen LogP contribution in [0, 0.1) is 13.8 Å². The summed E-state index contributed by atoms with van der Waals surface area (Å²) in [7, 11) is 0. The van der Waals surface area contributed by atoms with Crippen molar-refractivity contribution in [2.24, 2.45) is 0 Å². The predicted molar refractivity (Wildman–Crippen MR) is 82.5 cm³/mol. The zero-order valence-electron chi connectivity index (χ0n) is 13.1. The SMILES string of the molecule is CCCc1cc(CNC2CC2)cc(-n2nc(C)nc2C)n1. The van der Waals surface area contributed by atoms with Gasteiger partial charge in [0, 0.05) is 18.3 Å². The fraction of sp³-hybridized carbons (Fsp3) is 0.562. The van der Waals surface area contributed by atoms with E-state index in [1.807, 2.05) is 18.5 Å². The van der Waals surface area contributed by atoms with Gasteiger partial charge in [-0.2, -0.15) is 4.68 Å². The van der Waals surface area contributed by atoms with Gasteiger partial charge in [-0.15, -0.1) is 5.10 Å². The minimum absolute atomic E-state index is 0.714. The second-order valence-corrected chi connectivity index (χ2v) is 5.85. The number of aryl methyl sites for hydroxylation is 3. The highest BCUT2D eigenvalue weighted by Crippen LogP contribution is 2.20. The molecule has 0 radical (unpaired) electrons. The van der Waals surface area contributed by atoms with Crippen LogP contribution in [0.5, 0.6) is 0 Å². The minimum Gasteiger partial charge on any atom is -0.310 e. The van der Waals surface area contributed by atoms with Gasteiger partial charge in [0.2, 0.25) is 0 Å². The molecule has 0 aliphatic heterocycles. The van der Waals surface area contributed by atoms with E-state index in [4.69, 9.17) is 4.98 Å². The summed E-state index contributed by atoms with van der Waals surface area (Å²) in [5.74, 6) is 2.55. The van der Waals surface area contributed by atoms with Gasteiger partial charge < -0.3 is 5.32 Å². The third kappa shape index (κ3) is 3.47. The fourth-order valence-corrected chi connectivity index (χ4v) is 2.52. The molecule has 0 atom stereocenters. The van der Waals surface area contributed by atoms with Crippen molar-refractivity contribution in [3.63, 3.8) is 0 Å². The molecule has 5 nitrogen and oxygen atoms in total. The number of rotatable bonds is 6. The summed E-state index contributed by atoms with van der Waals surface area (Å²) in [4.78, 5) is 9.12. The standard InChI is InChI=1S/C16H23N5/c1-4-5-15-8-13(10-17-14-6-7-14)9-16(19-15)21-12(3)18-11(2)20-21/h8-9,14,17H,4-7,10H2,1-3H3. The van der Waals surface area contributed by atoms with Crippen LogP contribution in [0.25, 0.3) is 5.82 Å². The number of pyridine rings is 1. The van der Waals surface area contributed by atoms with Gasteiger partial charge in [-0.1, -0.05) is 13.3 Å². The first kappa shape index (κ1) is 14.2. The van der Waals surface area contributed by atoms with Crippen LogP contribution >= 0.6 is 0 Å². The topological polar surface area (TPSA) is 55.6 Å². The molecule has 1 fully saturated rings. The molecule has 2 heterocycles. The van der Waals surface area contributed by atoms with Gasteiger partial charge in [-0.3, -0.25) is 0 Å². The van der Waals surface area contributed by atoms with E-state index >= 15 is 0 Å². The lowest BCUT2D eigenvalue weighted by atomic mass is 10.1. The molecule has 2 aromatic rings. The van der Waals surface area contributed by atoms with Crippen molar-refractivity contribution >= 4 is 0 Å². The van der Waals surface area contributed by atoms with Crippen LogP contribution in [0.15, 0.2) is 12.1 Å². The van der Waals surface area contributed by atoms with Crippen molar-refractivity contribution in [2.45, 2.75) is 59.0 Å². The van der Waals surface area contributed by atoms with Crippen LogP contribution in [0.1, 0.15) is 49.1 Å². The van der Waals surface area contributed by atoms with E-state index in [1.54, 1.807) is 0 Å². The highest BCUT2D eigenvalue weighted by molar-refractivity contribution is 5.31. The first-order valence-corrected chi connectivity index (χ1v) is 7.79. The number of nitrogens with one attached hydrogen (secondary N) is 1. The minimum atomic E-state index is 0.714. The van der Waals surface area contributed by atoms with Gasteiger partial charge in [0.15, 0.2) is 5.82 Å². The number of aromatic nitrogens is 4. The summed E-state index contributed by atoms with van der Waals surface area (Å²) in [5, 5.41) is 8.02. The van der Waals surface area contributed by atoms with Gasteiger partial charge in [0.25, 0.3) is 0 Å². The molecule has 1 aliphatic rings. The highest BCUT2D eigenvalue weighted by Gasteiger charge is 2.20. The molecule has 0 bridgehead atoms. The van der Waals surface area contributed by atoms with Crippen LogP contribution in [-0.2, 0) is 13.0 Å². The maximum absolute atomic E-state index is 4.74. The Morgan fingerprint density at radius 3 is 2.67 bits per heavy atom. The average Bonchev–Trinajstić information content (AvgIpc) is 3.21. The monoisotopic (exact) mass is 285 g/mol. The summed E-state index contributed by atoms with van der Waals surface area (Å²) in [6.07, 6.45) is 4.71. The molecule has 3 rings (SSSR count). The highest BCUT2D eigenvalue weighted by atomic mass is 15.4. The van der Waals surface area contributed by atoms with Crippen LogP contribution in [0.4, 0.5) is 0 Å². The fourth-order valence-electron chi connectivity index (χ4n) is 2.52. The van der Waals surface area contributed by atoms with Crippen LogP contribution in [0.2, 0.25) is 0 Å². The average molecular weight is 285 g/mol. The van der Waals surface area contributed by atoms with Crippen LogP contribution in [-0.4, -0.2) is 25.8 Å². The lowest BCUT2D eigenvalue weighted by molar-refractivity contribution is 0.682. The molecule has 1 aliphatic carbocycles. The van der Waals surface area contributed by atoms with Crippen molar-refractivity contribution in [1.82, 2.24) is 25.1 Å². The lowest BCUT2D eigenvalue weighted by Gasteiger charge is -2.10. The Morgan fingerprint density at radius 1 is 1.24 bits per heavy atom. The Morgan fingerprint density at radius 2 is 2.05 bits per heavy atom. The third-order valence-corrected chi connectivity index (χ3v) is 3.69. The summed E-state index contributed by atoms with van der Waals surface area (Å²) >= 11 is 0. The maximum atomic E-state index is 4.74. The number of hydrogen-bond donors (Lipinski definition) is 1. The first-order chi connectivity index (χ1) is 10.2. The van der Waals surface area contributed by atoms with Gasteiger partial charge in [0.05, 0.1) is 0 Å². The van der Waals surface area contributed by atoms with Gasteiger partial charge in [-0.05, 0) is 50.8 Å². The largest absolute Gasteiger partial charge is 0.310 e. The Bertz CT molecular complexity index is 628. The van der Waals surface area contributed by atoms with Gasteiger partial charge >= 0.3 is 0 Å². The molecule has 0 unspecified atom stereocenters. The lowest BCUT2D eigenvalue weighted by Crippen LogP contribution is -2.16. The summed E-state index contributed by atoms with van der Waals surface area (Å²) in [5.41, 5.74) is 2.41. The Balaban J connectivity index is 1.91. The van der Waals surface area contributed by atoms with E-state index in [9.17, 15) is 0 Å². The molecule has 0 spiro atoms. The molecule has 21 heavy (non-hydrogen) atoms. The quantitative estimate of drug-likeness (QED) is 0.886. The molecule has 112 valence electrons. The third-order valence-electron chi connectivity index (χ3n) is 3.69. The van der Waals surface area contributed by atoms with Crippen molar-refractivity contribution in [3.8, 4) is 5.82 Å². The molecule has 0 saturated heterocycles. The second kappa shape index (κ2) is 5.93. The van der Waals surface area contributed by atoms with Gasteiger partial charge in [-0.25, -0.2) is 9.97 Å². The molecule has 2 aromatic heterocycles. The molecular formula is C16H23N5.